The highest BCUT2D eigenvalue weighted by Gasteiger charge is 2.01. The smallest absolute Gasteiger partial charge is 0.233 e. The monoisotopic (exact) mass is 227 g/mol. The Balaban J connectivity index is 2.22. The average Bonchev–Trinajstić information content (AvgIpc) is 2.66. The second kappa shape index (κ2) is 6.53. The van der Waals surface area contributed by atoms with Crippen LogP contribution in [0.4, 0.5) is 0 Å². The van der Waals surface area contributed by atoms with Gasteiger partial charge in [-0.05, 0) is 13.5 Å². The Labute approximate surface area is 94.1 Å². The maximum Gasteiger partial charge on any atom is 0.233 e. The molecule has 4 nitrogen and oxygen atoms in total. The number of amides is 1. The van der Waals surface area contributed by atoms with Crippen molar-refractivity contribution in [2.45, 2.75) is 19.8 Å². The van der Waals surface area contributed by atoms with Gasteiger partial charge in [-0.2, -0.15) is 0 Å². The van der Waals surface area contributed by atoms with E-state index < -0.39 is 0 Å². The Bertz CT molecular complexity index is 311. The summed E-state index contributed by atoms with van der Waals surface area (Å²) in [7, 11) is 1.76. The van der Waals surface area contributed by atoms with Gasteiger partial charge in [0.25, 0.3) is 0 Å². The van der Waals surface area contributed by atoms with Crippen LogP contribution in [0.15, 0.2) is 5.38 Å². The number of aryl methyl sites for hydroxylation is 1. The van der Waals surface area contributed by atoms with Crippen molar-refractivity contribution >= 4 is 17.2 Å². The van der Waals surface area contributed by atoms with Crippen LogP contribution in [-0.4, -0.2) is 31.0 Å². The number of hydrogen-bond acceptors (Lipinski definition) is 4. The molecule has 0 bridgehead atoms. The van der Waals surface area contributed by atoms with Crippen LogP contribution in [0.3, 0.4) is 0 Å². The molecule has 1 aromatic heterocycles. The number of likely N-dealkylation sites (N-methyl/N-ethyl adjacent to an activating group) is 1. The van der Waals surface area contributed by atoms with E-state index in [9.17, 15) is 4.79 Å². The lowest BCUT2D eigenvalue weighted by molar-refractivity contribution is -0.120. The molecule has 1 amide bonds. The quantitative estimate of drug-likeness (QED) is 0.747. The summed E-state index contributed by atoms with van der Waals surface area (Å²) in [6.45, 7) is 3.13. The van der Waals surface area contributed by atoms with E-state index in [0.717, 1.165) is 23.5 Å². The van der Waals surface area contributed by atoms with Crippen molar-refractivity contribution in [3.8, 4) is 0 Å². The van der Waals surface area contributed by atoms with E-state index in [0.29, 0.717) is 13.1 Å². The van der Waals surface area contributed by atoms with Crippen LogP contribution in [0.5, 0.6) is 0 Å². The molecule has 0 aliphatic carbocycles. The van der Waals surface area contributed by atoms with Crippen LogP contribution in [0, 0.1) is 0 Å². The number of carbonyl (C=O) groups is 1. The molecule has 0 atom stereocenters. The average molecular weight is 227 g/mol. The molecule has 5 heteroatoms. The molecule has 0 aliphatic rings. The first-order chi connectivity index (χ1) is 7.26. The van der Waals surface area contributed by atoms with Gasteiger partial charge in [0.2, 0.25) is 5.91 Å². The zero-order valence-electron chi connectivity index (χ0n) is 9.17. The molecule has 0 aromatic carbocycles. The predicted octanol–water partition coefficient (Wildman–Crippen LogP) is 0.584. The number of nitrogens with zero attached hydrogens (tertiary/aromatic N) is 1. The molecular formula is C10H17N3OS. The minimum absolute atomic E-state index is 0.0310. The molecular weight excluding hydrogens is 210 g/mol. The lowest BCUT2D eigenvalue weighted by Gasteiger charge is -2.02. The Kier molecular flexibility index (Phi) is 5.28. The first-order valence-electron chi connectivity index (χ1n) is 5.10. The fourth-order valence-corrected chi connectivity index (χ4v) is 1.96. The molecule has 1 heterocycles. The van der Waals surface area contributed by atoms with Gasteiger partial charge in [0.15, 0.2) is 0 Å². The molecule has 0 spiro atoms. The zero-order chi connectivity index (χ0) is 11.1. The minimum Gasteiger partial charge on any atom is -0.355 e. The summed E-state index contributed by atoms with van der Waals surface area (Å²) in [5.41, 5.74) is 1.07. The number of nitrogens with one attached hydrogen (secondary N) is 2. The van der Waals surface area contributed by atoms with Crippen molar-refractivity contribution in [3.63, 3.8) is 0 Å². The topological polar surface area (TPSA) is 54.0 Å². The summed E-state index contributed by atoms with van der Waals surface area (Å²) >= 11 is 1.68. The van der Waals surface area contributed by atoms with Gasteiger partial charge in [-0.3, -0.25) is 4.79 Å². The maximum atomic E-state index is 11.1. The highest BCUT2D eigenvalue weighted by Crippen LogP contribution is 2.09. The zero-order valence-corrected chi connectivity index (χ0v) is 9.99. The molecule has 0 aliphatic heterocycles. The van der Waals surface area contributed by atoms with Gasteiger partial charge in [-0.15, -0.1) is 11.3 Å². The number of aromatic nitrogens is 1. The molecule has 84 valence electrons. The SMILES string of the molecule is CCc1nc(CCNC(=O)CNC)cs1. The Morgan fingerprint density at radius 1 is 1.60 bits per heavy atom. The summed E-state index contributed by atoms with van der Waals surface area (Å²) in [6, 6.07) is 0. The third-order valence-corrected chi connectivity index (χ3v) is 2.98. The van der Waals surface area contributed by atoms with Gasteiger partial charge in [0, 0.05) is 18.3 Å². The van der Waals surface area contributed by atoms with Gasteiger partial charge in [0.1, 0.15) is 0 Å². The molecule has 1 rings (SSSR count). The summed E-state index contributed by atoms with van der Waals surface area (Å²) in [4.78, 5) is 15.5. The fourth-order valence-electron chi connectivity index (χ4n) is 1.18. The standard InChI is InChI=1S/C10H17N3OS/c1-3-10-13-8(7-15-10)4-5-12-9(14)6-11-2/h7,11H,3-6H2,1-2H3,(H,12,14). The number of carbonyl (C=O) groups excluding carboxylic acids is 1. The fraction of sp³-hybridized carbons (Fsp3) is 0.600. The molecule has 0 radical (unpaired) electrons. The van der Waals surface area contributed by atoms with E-state index in [4.69, 9.17) is 0 Å². The van der Waals surface area contributed by atoms with Crippen molar-refractivity contribution in [1.29, 1.82) is 0 Å². The van der Waals surface area contributed by atoms with Crippen molar-refractivity contribution in [3.05, 3.63) is 16.1 Å². The first-order valence-corrected chi connectivity index (χ1v) is 5.98. The second-order valence-corrected chi connectivity index (χ2v) is 4.16. The molecule has 15 heavy (non-hydrogen) atoms. The third-order valence-electron chi connectivity index (χ3n) is 1.94. The van der Waals surface area contributed by atoms with Crippen LogP contribution in [0.2, 0.25) is 0 Å². The largest absolute Gasteiger partial charge is 0.355 e. The molecule has 0 saturated heterocycles. The van der Waals surface area contributed by atoms with E-state index in [1.807, 2.05) is 0 Å². The van der Waals surface area contributed by atoms with Crippen molar-refractivity contribution in [2.24, 2.45) is 0 Å². The second-order valence-electron chi connectivity index (χ2n) is 3.22. The number of hydrogen-bond donors (Lipinski definition) is 2. The van der Waals surface area contributed by atoms with Gasteiger partial charge in [-0.1, -0.05) is 6.92 Å². The third kappa shape index (κ3) is 4.40. The maximum absolute atomic E-state index is 11.1. The molecule has 2 N–H and O–H groups in total. The van der Waals surface area contributed by atoms with Gasteiger partial charge < -0.3 is 10.6 Å². The van der Waals surface area contributed by atoms with Crippen molar-refractivity contribution in [2.75, 3.05) is 20.1 Å². The molecule has 0 fully saturated rings. The molecule has 1 aromatic rings. The minimum atomic E-state index is 0.0310. The Morgan fingerprint density at radius 2 is 2.40 bits per heavy atom. The first kappa shape index (κ1) is 12.1. The van der Waals surface area contributed by atoms with Gasteiger partial charge in [-0.25, -0.2) is 4.98 Å². The summed E-state index contributed by atoms with van der Waals surface area (Å²) < 4.78 is 0. The van der Waals surface area contributed by atoms with Crippen LogP contribution >= 0.6 is 11.3 Å². The van der Waals surface area contributed by atoms with Gasteiger partial charge >= 0.3 is 0 Å². The molecule has 0 saturated carbocycles. The predicted molar refractivity (Wildman–Crippen MR) is 62.1 cm³/mol. The van der Waals surface area contributed by atoms with Crippen molar-refractivity contribution < 1.29 is 4.79 Å². The van der Waals surface area contributed by atoms with E-state index in [1.54, 1.807) is 18.4 Å². The van der Waals surface area contributed by atoms with E-state index >= 15 is 0 Å². The van der Waals surface area contributed by atoms with Crippen LogP contribution in [0.1, 0.15) is 17.6 Å². The van der Waals surface area contributed by atoms with Crippen molar-refractivity contribution in [1.82, 2.24) is 15.6 Å². The Morgan fingerprint density at radius 3 is 3.00 bits per heavy atom. The Hall–Kier alpha value is -0.940. The van der Waals surface area contributed by atoms with E-state index in [-0.39, 0.29) is 5.91 Å². The highest BCUT2D eigenvalue weighted by atomic mass is 32.1. The summed E-state index contributed by atoms with van der Waals surface area (Å²) in [6.07, 6.45) is 1.79. The van der Waals surface area contributed by atoms with Crippen LogP contribution < -0.4 is 10.6 Å². The number of rotatable bonds is 6. The number of thiazole rings is 1. The van der Waals surface area contributed by atoms with E-state index in [2.05, 4.69) is 27.9 Å². The summed E-state index contributed by atoms with van der Waals surface area (Å²) in [5, 5.41) is 8.84. The normalized spacial score (nSPS) is 10.3. The molecule has 0 unspecified atom stereocenters. The summed E-state index contributed by atoms with van der Waals surface area (Å²) in [5.74, 6) is 0.0310. The lowest BCUT2D eigenvalue weighted by atomic mass is 10.3. The van der Waals surface area contributed by atoms with Gasteiger partial charge in [0.05, 0.1) is 17.2 Å². The highest BCUT2D eigenvalue weighted by molar-refractivity contribution is 7.09. The lowest BCUT2D eigenvalue weighted by Crippen LogP contribution is -2.33. The van der Waals surface area contributed by atoms with E-state index in [1.165, 1.54) is 0 Å². The van der Waals surface area contributed by atoms with Crippen LogP contribution in [0.25, 0.3) is 0 Å². The van der Waals surface area contributed by atoms with Crippen LogP contribution in [-0.2, 0) is 17.6 Å².